The van der Waals surface area contributed by atoms with Crippen LogP contribution in [0.2, 0.25) is 5.02 Å². The van der Waals surface area contributed by atoms with Crippen LogP contribution >= 0.6 is 11.6 Å². The van der Waals surface area contributed by atoms with Crippen LogP contribution in [0.5, 0.6) is 11.5 Å². The number of carboxylic acid groups (broad SMARTS) is 2. The number of halogens is 2. The lowest BCUT2D eigenvalue weighted by Gasteiger charge is -2.16. The predicted octanol–water partition coefficient (Wildman–Crippen LogP) is 3.40. The van der Waals surface area contributed by atoms with Crippen molar-refractivity contribution in [2.75, 3.05) is 12.8 Å². The zero-order valence-corrected chi connectivity index (χ0v) is 17.2. The molecule has 5 N–H and O–H groups in total. The minimum absolute atomic E-state index is 0.0331. The van der Waals surface area contributed by atoms with E-state index in [1.54, 1.807) is 0 Å². The number of aromatic carboxylic acids is 2. The monoisotopic (exact) mass is 462 g/mol. The highest BCUT2D eigenvalue weighted by Crippen LogP contribution is 2.36. The van der Waals surface area contributed by atoms with Gasteiger partial charge in [-0.2, -0.15) is 0 Å². The fourth-order valence-corrected chi connectivity index (χ4v) is 3.32. The van der Waals surface area contributed by atoms with Gasteiger partial charge in [-0.25, -0.2) is 14.0 Å². The zero-order valence-electron chi connectivity index (χ0n) is 16.4. The lowest BCUT2D eigenvalue weighted by Crippen LogP contribution is -2.24. The van der Waals surface area contributed by atoms with Crippen LogP contribution in [0.4, 0.5) is 10.2 Å². The van der Waals surface area contributed by atoms with Gasteiger partial charge in [-0.15, -0.1) is 0 Å². The molecule has 0 bridgehead atoms. The third-order valence-electron chi connectivity index (χ3n) is 4.56. The van der Waals surface area contributed by atoms with E-state index in [1.165, 1.54) is 43.5 Å². The number of pyridine rings is 1. The van der Waals surface area contributed by atoms with Crippen molar-refractivity contribution in [1.29, 1.82) is 0 Å². The molecule has 0 saturated carbocycles. The summed E-state index contributed by atoms with van der Waals surface area (Å²) >= 11 is 5.99. The van der Waals surface area contributed by atoms with E-state index in [1.807, 2.05) is 4.98 Å². The Morgan fingerprint density at radius 2 is 1.81 bits per heavy atom. The first-order valence-corrected chi connectivity index (χ1v) is 9.29. The van der Waals surface area contributed by atoms with E-state index < -0.39 is 45.8 Å². The molecule has 2 aromatic carbocycles. The van der Waals surface area contributed by atoms with Crippen molar-refractivity contribution in [3.63, 3.8) is 0 Å². The fraction of sp³-hybridized carbons (Fsp3) is 0.0952. The maximum Gasteiger partial charge on any atom is 0.342 e. The first-order valence-electron chi connectivity index (χ1n) is 8.92. The number of hydrogen-bond acceptors (Lipinski definition) is 6. The molecule has 0 aliphatic carbocycles. The molecule has 166 valence electrons. The van der Waals surface area contributed by atoms with Gasteiger partial charge in [-0.3, -0.25) is 4.79 Å². The molecule has 0 aliphatic rings. The molecule has 0 amide bonds. The van der Waals surface area contributed by atoms with Crippen LogP contribution in [0, 0.1) is 5.82 Å². The van der Waals surface area contributed by atoms with Gasteiger partial charge in [-0.05, 0) is 29.8 Å². The van der Waals surface area contributed by atoms with E-state index in [2.05, 4.69) is 0 Å². The number of nitrogens with one attached hydrogen (secondary N) is 1. The van der Waals surface area contributed by atoms with Crippen molar-refractivity contribution < 1.29 is 33.7 Å². The highest BCUT2D eigenvalue weighted by atomic mass is 35.5. The Labute approximate surface area is 184 Å². The van der Waals surface area contributed by atoms with Crippen molar-refractivity contribution in [2.45, 2.75) is 6.61 Å². The number of benzene rings is 2. The quantitative estimate of drug-likeness (QED) is 0.417. The van der Waals surface area contributed by atoms with Crippen LogP contribution < -0.4 is 20.8 Å². The molecule has 32 heavy (non-hydrogen) atoms. The van der Waals surface area contributed by atoms with Crippen LogP contribution in [-0.4, -0.2) is 34.2 Å². The van der Waals surface area contributed by atoms with Gasteiger partial charge in [0.2, 0.25) is 0 Å². The third-order valence-corrected chi connectivity index (χ3v) is 4.91. The predicted molar refractivity (Wildman–Crippen MR) is 113 cm³/mol. The summed E-state index contributed by atoms with van der Waals surface area (Å²) in [6, 6.07) is 8.14. The van der Waals surface area contributed by atoms with Gasteiger partial charge in [0.1, 0.15) is 29.4 Å². The van der Waals surface area contributed by atoms with Crippen LogP contribution in [0.15, 0.2) is 41.2 Å². The number of carboxylic acids is 2. The van der Waals surface area contributed by atoms with Crippen molar-refractivity contribution >= 4 is 29.4 Å². The van der Waals surface area contributed by atoms with Gasteiger partial charge in [0.25, 0.3) is 5.56 Å². The Hall–Kier alpha value is -4.05. The summed E-state index contributed by atoms with van der Waals surface area (Å²) in [4.78, 5) is 37.6. The zero-order chi connectivity index (χ0) is 23.6. The summed E-state index contributed by atoms with van der Waals surface area (Å²) in [5.41, 5.74) is 2.94. The number of carbonyl (C=O) groups is 2. The minimum atomic E-state index is -1.64. The maximum absolute atomic E-state index is 14.0. The smallest absolute Gasteiger partial charge is 0.342 e. The van der Waals surface area contributed by atoms with E-state index in [4.69, 9.17) is 26.8 Å². The second kappa shape index (κ2) is 8.98. The molecule has 0 atom stereocenters. The number of aromatic amines is 1. The van der Waals surface area contributed by atoms with Gasteiger partial charge in [0, 0.05) is 11.1 Å². The summed E-state index contributed by atoms with van der Waals surface area (Å²) in [6.07, 6.45) is 0. The van der Waals surface area contributed by atoms with Crippen molar-refractivity contribution in [1.82, 2.24) is 4.98 Å². The molecule has 0 unspecified atom stereocenters. The number of methoxy groups -OCH3 is 1. The second-order valence-electron chi connectivity index (χ2n) is 6.46. The Balaban J connectivity index is 2.11. The Bertz CT molecular complexity index is 1270. The number of ether oxygens (including phenoxy) is 2. The summed E-state index contributed by atoms with van der Waals surface area (Å²) in [5, 5.41) is 19.2. The number of rotatable bonds is 7. The van der Waals surface area contributed by atoms with Gasteiger partial charge in [-0.1, -0.05) is 23.7 Å². The molecule has 0 aliphatic heterocycles. The Morgan fingerprint density at radius 3 is 2.41 bits per heavy atom. The van der Waals surface area contributed by atoms with E-state index in [9.17, 15) is 29.0 Å². The molecule has 1 heterocycles. The standard InChI is InChI=1S/C21H16ClFN2O7/c1-31-14-7-9(5-6-13(14)32-8-10-11(22)3-2-4-12(10)23)15-16(20(27)28)18(24)25-19(26)17(15)21(29)30/h2-7H,8H2,1H3,(H,27,28)(H,29,30)(H3,24,25,26). The molecule has 0 saturated heterocycles. The maximum atomic E-state index is 14.0. The molecule has 11 heteroatoms. The second-order valence-corrected chi connectivity index (χ2v) is 6.86. The summed E-state index contributed by atoms with van der Waals surface area (Å²) in [5.74, 6) is -4.04. The highest BCUT2D eigenvalue weighted by Gasteiger charge is 2.27. The molecule has 0 fully saturated rings. The Morgan fingerprint density at radius 1 is 1.12 bits per heavy atom. The number of H-pyrrole nitrogens is 1. The van der Waals surface area contributed by atoms with Gasteiger partial charge < -0.3 is 30.4 Å². The van der Waals surface area contributed by atoms with Crippen LogP contribution in [0.3, 0.4) is 0 Å². The van der Waals surface area contributed by atoms with E-state index in [-0.39, 0.29) is 34.3 Å². The molecule has 3 rings (SSSR count). The van der Waals surface area contributed by atoms with Crippen LogP contribution in [0.25, 0.3) is 11.1 Å². The number of anilines is 1. The third kappa shape index (κ3) is 4.21. The first-order chi connectivity index (χ1) is 15.1. The summed E-state index contributed by atoms with van der Waals surface area (Å²) in [6.45, 7) is -0.236. The average Bonchev–Trinajstić information content (AvgIpc) is 2.72. The topological polar surface area (TPSA) is 152 Å². The van der Waals surface area contributed by atoms with Crippen molar-refractivity contribution in [2.24, 2.45) is 0 Å². The summed E-state index contributed by atoms with van der Waals surface area (Å²) in [7, 11) is 1.30. The number of hydrogen-bond donors (Lipinski definition) is 4. The lowest BCUT2D eigenvalue weighted by atomic mass is 9.95. The number of nitrogen functional groups attached to an aromatic ring is 1. The van der Waals surface area contributed by atoms with Crippen molar-refractivity contribution in [3.05, 3.63) is 74.3 Å². The van der Waals surface area contributed by atoms with E-state index >= 15 is 0 Å². The molecule has 1 aromatic heterocycles. The van der Waals surface area contributed by atoms with Crippen molar-refractivity contribution in [3.8, 4) is 22.6 Å². The Kier molecular flexibility index (Phi) is 6.35. The first kappa shape index (κ1) is 22.6. The molecule has 0 radical (unpaired) electrons. The normalized spacial score (nSPS) is 10.6. The number of nitrogens with two attached hydrogens (primary N) is 1. The molecular weight excluding hydrogens is 447 g/mol. The minimum Gasteiger partial charge on any atom is -0.493 e. The number of aromatic nitrogens is 1. The lowest BCUT2D eigenvalue weighted by molar-refractivity contribution is 0.0695. The fourth-order valence-electron chi connectivity index (χ4n) is 3.10. The largest absolute Gasteiger partial charge is 0.493 e. The van der Waals surface area contributed by atoms with E-state index in [0.29, 0.717) is 0 Å². The highest BCUT2D eigenvalue weighted by molar-refractivity contribution is 6.31. The summed E-state index contributed by atoms with van der Waals surface area (Å²) < 4.78 is 24.8. The van der Waals surface area contributed by atoms with Gasteiger partial charge in [0.05, 0.1) is 12.1 Å². The SMILES string of the molecule is COc1cc(-c2c(C(=O)O)c(N)[nH]c(=O)c2C(=O)O)ccc1OCc1c(F)cccc1Cl. The average molecular weight is 463 g/mol. The molecule has 9 nitrogen and oxygen atoms in total. The van der Waals surface area contributed by atoms with Crippen LogP contribution in [0.1, 0.15) is 26.3 Å². The van der Waals surface area contributed by atoms with Gasteiger partial charge >= 0.3 is 11.9 Å². The van der Waals surface area contributed by atoms with Gasteiger partial charge in [0.15, 0.2) is 11.5 Å². The molecule has 0 spiro atoms. The van der Waals surface area contributed by atoms with Crippen LogP contribution in [-0.2, 0) is 6.61 Å². The molecular formula is C21H16ClFN2O7. The molecule has 3 aromatic rings. The van der Waals surface area contributed by atoms with E-state index in [0.717, 1.165) is 0 Å².